The Bertz CT molecular complexity index is 145. The summed E-state index contributed by atoms with van der Waals surface area (Å²) in [7, 11) is 0. The van der Waals surface area contributed by atoms with E-state index in [9.17, 15) is 0 Å². The van der Waals surface area contributed by atoms with Crippen LogP contribution in [0.25, 0.3) is 0 Å². The Morgan fingerprint density at radius 1 is 0.533 bits per heavy atom. The molecular weight excluding hydrogens is 180 g/mol. The van der Waals surface area contributed by atoms with Gasteiger partial charge in [-0.15, -0.1) is 0 Å². The Kier molecular flexibility index (Phi) is 5.02. The summed E-state index contributed by atoms with van der Waals surface area (Å²) in [5.74, 6) is 1.87. The van der Waals surface area contributed by atoms with E-state index in [0.717, 1.165) is 11.8 Å². The monoisotopic (exact) mass is 206 g/mol. The molecule has 0 spiro atoms. The molecule has 0 heteroatoms. The minimum absolute atomic E-state index is 0.934. The Labute approximate surface area is 95.8 Å². The topological polar surface area (TPSA) is 0 Å². The summed E-state index contributed by atoms with van der Waals surface area (Å²) in [4.78, 5) is 0. The second kappa shape index (κ2) is 6.55. The summed E-state index contributed by atoms with van der Waals surface area (Å²) in [6, 6.07) is 0. The Hall–Kier alpha value is 0. The van der Waals surface area contributed by atoms with Gasteiger partial charge in [0.25, 0.3) is 0 Å². The van der Waals surface area contributed by atoms with Crippen LogP contribution in [0.4, 0.5) is 0 Å². The van der Waals surface area contributed by atoms with E-state index >= 15 is 0 Å². The maximum absolute atomic E-state index is 2.66. The zero-order valence-corrected chi connectivity index (χ0v) is 10.1. The van der Waals surface area contributed by atoms with Crippen LogP contribution < -0.4 is 0 Å². The average Bonchev–Trinajstić information content (AvgIpc) is 2.45. The van der Waals surface area contributed by atoms with Crippen molar-refractivity contribution < 1.29 is 0 Å². The summed E-state index contributed by atoms with van der Waals surface area (Å²) < 4.78 is 0. The molecule has 86 valence electrons. The van der Waals surface area contributed by atoms with Crippen LogP contribution in [0.3, 0.4) is 0 Å². The molecule has 0 N–H and O–H groups in total. The molecule has 0 amide bonds. The Balaban J connectivity index is 1.82. The van der Waals surface area contributed by atoms with Crippen molar-refractivity contribution in [1.82, 2.24) is 0 Å². The van der Waals surface area contributed by atoms with Crippen molar-refractivity contribution in [1.29, 1.82) is 0 Å². The fraction of sp³-hybridized carbons (Fsp3) is 0.867. The SMILES string of the molecule is [CH]1CCCCCC1C1[CH]CCCCCC1. The van der Waals surface area contributed by atoms with Crippen LogP contribution in [-0.4, -0.2) is 0 Å². The van der Waals surface area contributed by atoms with Gasteiger partial charge in [0.1, 0.15) is 0 Å². The zero-order chi connectivity index (χ0) is 10.3. The minimum Gasteiger partial charge on any atom is -0.0533 e. The van der Waals surface area contributed by atoms with Crippen molar-refractivity contribution in [2.24, 2.45) is 11.8 Å². The minimum atomic E-state index is 0.934. The van der Waals surface area contributed by atoms with Gasteiger partial charge < -0.3 is 0 Å². The normalized spacial score (nSPS) is 28.0. The van der Waals surface area contributed by atoms with Gasteiger partial charge in [0.15, 0.2) is 0 Å². The van der Waals surface area contributed by atoms with E-state index < -0.39 is 0 Å². The molecule has 2 atom stereocenters. The molecule has 2 saturated carbocycles. The summed E-state index contributed by atoms with van der Waals surface area (Å²) in [5, 5.41) is 0. The highest BCUT2D eigenvalue weighted by Gasteiger charge is 2.23. The molecule has 0 aromatic heterocycles. The summed E-state index contributed by atoms with van der Waals surface area (Å²) >= 11 is 0. The lowest BCUT2D eigenvalue weighted by Gasteiger charge is -2.27. The van der Waals surface area contributed by atoms with Gasteiger partial charge in [0, 0.05) is 0 Å². The highest BCUT2D eigenvalue weighted by molar-refractivity contribution is 4.91. The fourth-order valence-corrected chi connectivity index (χ4v) is 3.26. The van der Waals surface area contributed by atoms with E-state index in [1.54, 1.807) is 0 Å². The van der Waals surface area contributed by atoms with Crippen molar-refractivity contribution in [2.75, 3.05) is 0 Å². The van der Waals surface area contributed by atoms with E-state index in [1.165, 1.54) is 70.6 Å². The summed E-state index contributed by atoms with van der Waals surface area (Å²) in [6.45, 7) is 0. The second-order valence-electron chi connectivity index (χ2n) is 5.43. The lowest BCUT2D eigenvalue weighted by Crippen LogP contribution is -2.16. The first kappa shape index (κ1) is 11.5. The van der Waals surface area contributed by atoms with Gasteiger partial charge in [0.05, 0.1) is 0 Å². The van der Waals surface area contributed by atoms with Crippen LogP contribution in [0.15, 0.2) is 0 Å². The quantitative estimate of drug-likeness (QED) is 0.533. The Morgan fingerprint density at radius 3 is 1.60 bits per heavy atom. The van der Waals surface area contributed by atoms with E-state index in [1.807, 2.05) is 0 Å². The molecule has 15 heavy (non-hydrogen) atoms. The highest BCUT2D eigenvalue weighted by atomic mass is 14.3. The largest absolute Gasteiger partial charge is 0.0533 e. The van der Waals surface area contributed by atoms with Gasteiger partial charge in [-0.2, -0.15) is 0 Å². The van der Waals surface area contributed by atoms with Crippen molar-refractivity contribution >= 4 is 0 Å². The molecule has 0 heterocycles. The predicted octanol–water partition coefficient (Wildman–Crippen LogP) is 4.95. The van der Waals surface area contributed by atoms with E-state index in [2.05, 4.69) is 12.8 Å². The highest BCUT2D eigenvalue weighted by Crippen LogP contribution is 2.35. The van der Waals surface area contributed by atoms with Crippen LogP contribution in [0.5, 0.6) is 0 Å². The van der Waals surface area contributed by atoms with Crippen molar-refractivity contribution in [3.8, 4) is 0 Å². The molecular formula is C15H26. The Morgan fingerprint density at radius 2 is 1.00 bits per heavy atom. The van der Waals surface area contributed by atoms with Crippen LogP contribution in [0, 0.1) is 24.7 Å². The van der Waals surface area contributed by atoms with Gasteiger partial charge in [0.2, 0.25) is 0 Å². The second-order valence-corrected chi connectivity index (χ2v) is 5.43. The van der Waals surface area contributed by atoms with Gasteiger partial charge >= 0.3 is 0 Å². The van der Waals surface area contributed by atoms with E-state index in [0.29, 0.717) is 0 Å². The molecule has 0 aliphatic heterocycles. The first-order valence-electron chi connectivity index (χ1n) is 7.13. The van der Waals surface area contributed by atoms with Crippen LogP contribution >= 0.6 is 0 Å². The first-order valence-corrected chi connectivity index (χ1v) is 7.13. The van der Waals surface area contributed by atoms with E-state index in [-0.39, 0.29) is 0 Å². The molecule has 0 aromatic carbocycles. The predicted molar refractivity (Wildman–Crippen MR) is 66.4 cm³/mol. The third-order valence-corrected chi connectivity index (χ3v) is 4.22. The van der Waals surface area contributed by atoms with Gasteiger partial charge in [-0.05, 0) is 50.4 Å². The van der Waals surface area contributed by atoms with Crippen molar-refractivity contribution in [2.45, 2.75) is 70.6 Å². The maximum Gasteiger partial charge on any atom is -0.0352 e. The molecule has 0 nitrogen and oxygen atoms in total. The lowest BCUT2D eigenvalue weighted by molar-refractivity contribution is 0.336. The number of hydrogen-bond donors (Lipinski definition) is 0. The first-order chi connectivity index (χ1) is 7.47. The molecule has 0 aromatic rings. The molecule has 2 rings (SSSR count). The van der Waals surface area contributed by atoms with Gasteiger partial charge in [-0.25, -0.2) is 0 Å². The molecule has 2 radical (unpaired) electrons. The molecule has 2 aliphatic rings. The standard InChI is InChI=1S/C15H26/c1-2-6-10-14(11-7-3-1)15-12-8-4-5-9-13-15/h10,12,14-15H,1-9,11,13H2. The van der Waals surface area contributed by atoms with Gasteiger partial charge in [-0.1, -0.05) is 44.9 Å². The fourth-order valence-electron chi connectivity index (χ4n) is 3.26. The van der Waals surface area contributed by atoms with Crippen LogP contribution in [0.1, 0.15) is 70.6 Å². The number of rotatable bonds is 1. The van der Waals surface area contributed by atoms with Crippen molar-refractivity contribution in [3.05, 3.63) is 12.8 Å². The molecule has 2 unspecified atom stereocenters. The van der Waals surface area contributed by atoms with Gasteiger partial charge in [-0.3, -0.25) is 0 Å². The molecule has 2 fully saturated rings. The molecule has 2 aliphatic carbocycles. The third kappa shape index (κ3) is 3.81. The zero-order valence-electron chi connectivity index (χ0n) is 10.1. The smallest absolute Gasteiger partial charge is 0.0352 e. The summed E-state index contributed by atoms with van der Waals surface area (Å²) in [6.07, 6.45) is 21.3. The van der Waals surface area contributed by atoms with Crippen LogP contribution in [-0.2, 0) is 0 Å². The van der Waals surface area contributed by atoms with Crippen LogP contribution in [0.2, 0.25) is 0 Å². The molecule has 0 saturated heterocycles. The maximum atomic E-state index is 2.66. The van der Waals surface area contributed by atoms with E-state index in [4.69, 9.17) is 0 Å². The summed E-state index contributed by atoms with van der Waals surface area (Å²) in [5.41, 5.74) is 0. The average molecular weight is 206 g/mol. The molecule has 0 bridgehead atoms. The van der Waals surface area contributed by atoms with Crippen molar-refractivity contribution in [3.63, 3.8) is 0 Å². The number of hydrogen-bond acceptors (Lipinski definition) is 0. The third-order valence-electron chi connectivity index (χ3n) is 4.22. The lowest BCUT2D eigenvalue weighted by atomic mass is 9.78.